The fourth-order valence-electron chi connectivity index (χ4n) is 2.24. The predicted molar refractivity (Wildman–Crippen MR) is 79.2 cm³/mol. The van der Waals surface area contributed by atoms with Gasteiger partial charge in [-0.15, -0.1) is 0 Å². The number of aromatic nitrogens is 2. The molecule has 1 aromatic carbocycles. The van der Waals surface area contributed by atoms with Gasteiger partial charge in [0, 0.05) is 24.1 Å². The molecule has 0 aliphatic carbocycles. The molecule has 0 aliphatic rings. The van der Waals surface area contributed by atoms with Gasteiger partial charge in [-0.05, 0) is 31.0 Å². The summed E-state index contributed by atoms with van der Waals surface area (Å²) in [4.78, 5) is 0.150. The van der Waals surface area contributed by atoms with E-state index in [1.54, 1.807) is 0 Å². The second-order valence-corrected chi connectivity index (χ2v) is 6.27. The highest BCUT2D eigenvalue weighted by Crippen LogP contribution is 2.40. The molecule has 0 bridgehead atoms. The van der Waals surface area contributed by atoms with E-state index in [1.165, 1.54) is 19.2 Å². The fourth-order valence-corrected chi connectivity index (χ4v) is 3.29. The van der Waals surface area contributed by atoms with E-state index in [-0.39, 0.29) is 34.9 Å². The molecule has 0 unspecified atom stereocenters. The van der Waals surface area contributed by atoms with Crippen molar-refractivity contribution in [2.24, 2.45) is 7.05 Å². The van der Waals surface area contributed by atoms with Gasteiger partial charge >= 0.3 is 12.4 Å². The minimum absolute atomic E-state index is 0.0829. The lowest BCUT2D eigenvalue weighted by molar-refractivity contribution is -0.142. The third-order valence-electron chi connectivity index (χ3n) is 3.32. The third-order valence-corrected chi connectivity index (χ3v) is 4.51. The minimum atomic E-state index is -4.69. The Kier molecular flexibility index (Phi) is 5.72. The summed E-state index contributed by atoms with van der Waals surface area (Å²) in [6.45, 7) is -0.306. The van der Waals surface area contributed by atoms with Crippen molar-refractivity contribution in [2.45, 2.75) is 35.1 Å². The molecule has 0 spiro atoms. The number of hydrogen-bond donors (Lipinski definition) is 1. The van der Waals surface area contributed by atoms with E-state index in [9.17, 15) is 26.3 Å². The maximum absolute atomic E-state index is 13.1. The zero-order valence-corrected chi connectivity index (χ0v) is 13.8. The summed E-state index contributed by atoms with van der Waals surface area (Å²) in [5.41, 5.74) is -2.10. The smallest absolute Gasteiger partial charge is 0.396 e. The Morgan fingerprint density at radius 2 is 1.80 bits per heavy atom. The van der Waals surface area contributed by atoms with Crippen molar-refractivity contribution in [3.05, 3.63) is 41.1 Å². The Balaban J connectivity index is 2.44. The van der Waals surface area contributed by atoms with Gasteiger partial charge < -0.3 is 5.11 Å². The summed E-state index contributed by atoms with van der Waals surface area (Å²) in [5, 5.41) is 12.5. The lowest BCUT2D eigenvalue weighted by atomic mass is 10.1. The lowest BCUT2D eigenvalue weighted by Crippen LogP contribution is -2.10. The average molecular weight is 384 g/mol. The molecule has 0 atom stereocenters. The Labute approximate surface area is 143 Å². The van der Waals surface area contributed by atoms with Gasteiger partial charge in [0.15, 0.2) is 5.69 Å². The number of aliphatic hydroxyl groups excluding tert-OH is 1. The third kappa shape index (κ3) is 4.69. The van der Waals surface area contributed by atoms with Crippen LogP contribution in [0.25, 0.3) is 0 Å². The highest BCUT2D eigenvalue weighted by molar-refractivity contribution is 7.99. The van der Waals surface area contributed by atoms with E-state index in [0.717, 1.165) is 28.6 Å². The van der Waals surface area contributed by atoms with Crippen LogP contribution in [0.4, 0.5) is 26.3 Å². The number of rotatable bonds is 5. The fraction of sp³-hybridized carbons (Fsp3) is 0.400. The number of alkyl halides is 6. The van der Waals surface area contributed by atoms with Gasteiger partial charge in [0.25, 0.3) is 0 Å². The first kappa shape index (κ1) is 19.6. The largest absolute Gasteiger partial charge is 0.435 e. The normalized spacial score (nSPS) is 12.6. The molecule has 0 aliphatic heterocycles. The summed E-state index contributed by atoms with van der Waals surface area (Å²) in [7, 11) is 1.30. The molecule has 0 amide bonds. The zero-order chi connectivity index (χ0) is 18.8. The highest BCUT2D eigenvalue weighted by Gasteiger charge is 2.39. The summed E-state index contributed by atoms with van der Waals surface area (Å²) in [6, 6.07) is 4.34. The molecule has 3 nitrogen and oxygen atoms in total. The minimum Gasteiger partial charge on any atom is -0.396 e. The molecule has 2 aromatic rings. The standard InChI is InChI=1S/C15H14F6N2OS/c1-23-13(11(6-3-7-24)12(22-23)15(19,20)21)25-10-5-2-4-9(8-10)14(16,17)18/h2,4-5,8,24H,3,6-7H2,1H3. The molecule has 1 aromatic heterocycles. The highest BCUT2D eigenvalue weighted by atomic mass is 32.2. The van der Waals surface area contributed by atoms with Crippen molar-refractivity contribution in [1.82, 2.24) is 9.78 Å². The molecular formula is C15H14F6N2OS. The van der Waals surface area contributed by atoms with Crippen LogP contribution in [-0.2, 0) is 25.8 Å². The monoisotopic (exact) mass is 384 g/mol. The summed E-state index contributed by atoms with van der Waals surface area (Å²) in [6.07, 6.45) is -9.22. The predicted octanol–water partition coefficient (Wildman–Crippen LogP) is 4.53. The van der Waals surface area contributed by atoms with Crippen LogP contribution in [0.15, 0.2) is 34.2 Å². The second kappa shape index (κ2) is 7.28. The van der Waals surface area contributed by atoms with Gasteiger partial charge in [-0.2, -0.15) is 31.4 Å². The van der Waals surface area contributed by atoms with Crippen LogP contribution in [0, 0.1) is 0 Å². The van der Waals surface area contributed by atoms with Gasteiger partial charge in [-0.25, -0.2) is 0 Å². The maximum Gasteiger partial charge on any atom is 0.435 e. The molecule has 0 saturated carbocycles. The SMILES string of the molecule is Cn1nc(C(F)(F)F)c(CCCO)c1Sc1cccc(C(F)(F)F)c1. The van der Waals surface area contributed by atoms with E-state index < -0.39 is 23.6 Å². The van der Waals surface area contributed by atoms with Crippen molar-refractivity contribution in [3.63, 3.8) is 0 Å². The second-order valence-electron chi connectivity index (χ2n) is 5.21. The van der Waals surface area contributed by atoms with Crippen LogP contribution in [0.3, 0.4) is 0 Å². The summed E-state index contributed by atoms with van der Waals surface area (Å²) in [5.74, 6) is 0. The van der Waals surface area contributed by atoms with Crippen LogP contribution in [0.1, 0.15) is 23.2 Å². The molecule has 10 heteroatoms. The van der Waals surface area contributed by atoms with Crippen molar-refractivity contribution in [2.75, 3.05) is 6.61 Å². The van der Waals surface area contributed by atoms with Crippen molar-refractivity contribution in [1.29, 1.82) is 0 Å². The Bertz CT molecular complexity index is 739. The molecule has 2 rings (SSSR count). The number of hydrogen-bond acceptors (Lipinski definition) is 3. The molecule has 138 valence electrons. The van der Waals surface area contributed by atoms with Crippen molar-refractivity contribution < 1.29 is 31.4 Å². The van der Waals surface area contributed by atoms with Crippen LogP contribution in [-0.4, -0.2) is 21.5 Å². The molecule has 25 heavy (non-hydrogen) atoms. The van der Waals surface area contributed by atoms with E-state index >= 15 is 0 Å². The van der Waals surface area contributed by atoms with E-state index in [2.05, 4.69) is 5.10 Å². The first-order valence-corrected chi connectivity index (χ1v) is 7.94. The topological polar surface area (TPSA) is 38.0 Å². The maximum atomic E-state index is 13.1. The number of aryl methyl sites for hydroxylation is 1. The van der Waals surface area contributed by atoms with E-state index in [1.807, 2.05) is 0 Å². The number of nitrogens with zero attached hydrogens (tertiary/aromatic N) is 2. The van der Waals surface area contributed by atoms with Gasteiger partial charge in [0.1, 0.15) is 5.03 Å². The van der Waals surface area contributed by atoms with Crippen molar-refractivity contribution >= 4 is 11.8 Å². The number of halogens is 6. The van der Waals surface area contributed by atoms with Crippen LogP contribution >= 0.6 is 11.8 Å². The first-order chi connectivity index (χ1) is 11.5. The van der Waals surface area contributed by atoms with E-state index in [4.69, 9.17) is 5.11 Å². The molecular weight excluding hydrogens is 370 g/mol. The molecule has 1 heterocycles. The zero-order valence-electron chi connectivity index (χ0n) is 12.9. The van der Waals surface area contributed by atoms with Gasteiger partial charge in [-0.3, -0.25) is 4.68 Å². The van der Waals surface area contributed by atoms with Gasteiger partial charge in [0.05, 0.1) is 5.56 Å². The van der Waals surface area contributed by atoms with Gasteiger partial charge in [0.2, 0.25) is 0 Å². The van der Waals surface area contributed by atoms with Crippen molar-refractivity contribution in [3.8, 4) is 0 Å². The average Bonchev–Trinajstić information content (AvgIpc) is 2.81. The summed E-state index contributed by atoms with van der Waals surface area (Å²) < 4.78 is 78.8. The molecule has 0 fully saturated rings. The Morgan fingerprint density at radius 1 is 1.12 bits per heavy atom. The molecule has 0 saturated heterocycles. The molecule has 0 radical (unpaired) electrons. The Morgan fingerprint density at radius 3 is 2.36 bits per heavy atom. The van der Waals surface area contributed by atoms with Crippen LogP contribution < -0.4 is 0 Å². The van der Waals surface area contributed by atoms with Gasteiger partial charge in [-0.1, -0.05) is 17.8 Å². The first-order valence-electron chi connectivity index (χ1n) is 7.13. The number of aliphatic hydroxyl groups is 1. The number of benzene rings is 1. The van der Waals surface area contributed by atoms with Crippen LogP contribution in [0.5, 0.6) is 0 Å². The lowest BCUT2D eigenvalue weighted by Gasteiger charge is -2.10. The van der Waals surface area contributed by atoms with Crippen LogP contribution in [0.2, 0.25) is 0 Å². The molecule has 1 N–H and O–H groups in total. The van der Waals surface area contributed by atoms with E-state index in [0.29, 0.717) is 0 Å². The quantitative estimate of drug-likeness (QED) is 0.770. The Hall–Kier alpha value is -1.68. The summed E-state index contributed by atoms with van der Waals surface area (Å²) >= 11 is 0.777.